The van der Waals surface area contributed by atoms with Crippen LogP contribution in [0.3, 0.4) is 0 Å². The van der Waals surface area contributed by atoms with Crippen molar-refractivity contribution in [2.75, 3.05) is 20.6 Å². The number of hydrogen-bond acceptors (Lipinski definition) is 3. The van der Waals surface area contributed by atoms with Crippen LogP contribution < -0.4 is 5.73 Å². The van der Waals surface area contributed by atoms with Crippen molar-refractivity contribution < 1.29 is 5.11 Å². The van der Waals surface area contributed by atoms with E-state index in [2.05, 4.69) is 0 Å². The summed E-state index contributed by atoms with van der Waals surface area (Å²) in [6.07, 6.45) is -0.391. The number of rotatable bonds is 4. The smallest absolute Gasteiger partial charge is 0.0726 e. The van der Waals surface area contributed by atoms with Crippen molar-refractivity contribution in [1.82, 2.24) is 4.90 Å². The highest BCUT2D eigenvalue weighted by molar-refractivity contribution is 4.76. The minimum atomic E-state index is -0.391. The maximum atomic E-state index is 9.49. The fourth-order valence-electron chi connectivity index (χ4n) is 1.02. The van der Waals surface area contributed by atoms with Gasteiger partial charge < -0.3 is 15.7 Å². The molecule has 0 spiro atoms. The molecule has 0 aromatic heterocycles. The molecule has 0 saturated heterocycles. The van der Waals surface area contributed by atoms with Crippen LogP contribution in [-0.2, 0) is 0 Å². The minimum absolute atomic E-state index is 0.134. The molecule has 0 aliphatic heterocycles. The third-order valence-electron chi connectivity index (χ3n) is 1.70. The first-order chi connectivity index (χ1) is 4.95. The standard InChI is InChI=1S/C8H20N2O/c1-6(2)8(11)7(9)5-10(3)4/h6-8,11H,5,9H2,1-4H3. The molecule has 0 heterocycles. The Labute approximate surface area is 69.2 Å². The van der Waals surface area contributed by atoms with Crippen LogP contribution in [0.4, 0.5) is 0 Å². The quantitative estimate of drug-likeness (QED) is 0.603. The highest BCUT2D eigenvalue weighted by Crippen LogP contribution is 2.04. The van der Waals surface area contributed by atoms with Gasteiger partial charge >= 0.3 is 0 Å². The van der Waals surface area contributed by atoms with E-state index in [9.17, 15) is 5.11 Å². The molecule has 68 valence electrons. The Morgan fingerprint density at radius 1 is 1.36 bits per heavy atom. The zero-order valence-electron chi connectivity index (χ0n) is 7.91. The molecule has 0 bridgehead atoms. The minimum Gasteiger partial charge on any atom is -0.391 e. The van der Waals surface area contributed by atoms with Gasteiger partial charge in [-0.05, 0) is 20.0 Å². The van der Waals surface area contributed by atoms with Crippen LogP contribution in [0, 0.1) is 5.92 Å². The molecular weight excluding hydrogens is 140 g/mol. The van der Waals surface area contributed by atoms with Crippen molar-refractivity contribution in [2.45, 2.75) is 26.0 Å². The van der Waals surface area contributed by atoms with Gasteiger partial charge in [0, 0.05) is 12.6 Å². The predicted octanol–water partition coefficient (Wildman–Crippen LogP) is -0.108. The van der Waals surface area contributed by atoms with Crippen LogP contribution in [0.1, 0.15) is 13.8 Å². The third-order valence-corrected chi connectivity index (χ3v) is 1.70. The van der Waals surface area contributed by atoms with E-state index in [1.165, 1.54) is 0 Å². The van der Waals surface area contributed by atoms with E-state index >= 15 is 0 Å². The SMILES string of the molecule is CC(C)C(O)C(N)CN(C)C. The molecule has 0 saturated carbocycles. The molecule has 2 unspecified atom stereocenters. The summed E-state index contributed by atoms with van der Waals surface area (Å²) in [6.45, 7) is 4.68. The van der Waals surface area contributed by atoms with E-state index in [0.29, 0.717) is 0 Å². The first-order valence-electron chi connectivity index (χ1n) is 4.03. The molecule has 0 amide bonds. The lowest BCUT2D eigenvalue weighted by Gasteiger charge is -2.24. The number of nitrogens with zero attached hydrogens (tertiary/aromatic N) is 1. The monoisotopic (exact) mass is 160 g/mol. The van der Waals surface area contributed by atoms with Gasteiger partial charge in [-0.2, -0.15) is 0 Å². The molecule has 0 aliphatic rings. The molecule has 0 aromatic carbocycles. The number of aliphatic hydroxyl groups is 1. The Hall–Kier alpha value is -0.120. The highest BCUT2D eigenvalue weighted by Gasteiger charge is 2.18. The number of nitrogens with two attached hydrogens (primary N) is 1. The second-order valence-electron chi connectivity index (χ2n) is 3.66. The molecule has 0 fully saturated rings. The molecular formula is C8H20N2O. The molecule has 0 aliphatic carbocycles. The molecule has 2 atom stereocenters. The summed E-state index contributed by atoms with van der Waals surface area (Å²) >= 11 is 0. The largest absolute Gasteiger partial charge is 0.391 e. The molecule has 0 radical (unpaired) electrons. The summed E-state index contributed by atoms with van der Waals surface area (Å²) in [6, 6.07) is -0.134. The lowest BCUT2D eigenvalue weighted by Crippen LogP contribution is -2.45. The summed E-state index contributed by atoms with van der Waals surface area (Å²) in [5.41, 5.74) is 5.73. The molecule has 3 heteroatoms. The molecule has 0 aromatic rings. The van der Waals surface area contributed by atoms with Crippen molar-refractivity contribution in [3.05, 3.63) is 0 Å². The van der Waals surface area contributed by atoms with Gasteiger partial charge in [-0.15, -0.1) is 0 Å². The van der Waals surface area contributed by atoms with Crippen molar-refractivity contribution >= 4 is 0 Å². The van der Waals surface area contributed by atoms with Gasteiger partial charge in [-0.1, -0.05) is 13.8 Å². The summed E-state index contributed by atoms with van der Waals surface area (Å²) in [5, 5.41) is 9.49. The first kappa shape index (κ1) is 10.9. The normalized spacial score (nSPS) is 17.5. The topological polar surface area (TPSA) is 49.5 Å². The summed E-state index contributed by atoms with van der Waals surface area (Å²) < 4.78 is 0. The van der Waals surface area contributed by atoms with Gasteiger partial charge in [-0.3, -0.25) is 0 Å². The Morgan fingerprint density at radius 2 is 1.82 bits per heavy atom. The number of aliphatic hydroxyl groups excluding tert-OH is 1. The first-order valence-corrected chi connectivity index (χ1v) is 4.03. The summed E-state index contributed by atoms with van der Waals surface area (Å²) in [7, 11) is 3.90. The van der Waals surface area contributed by atoms with Crippen molar-refractivity contribution in [2.24, 2.45) is 11.7 Å². The van der Waals surface area contributed by atoms with Crippen LogP contribution in [-0.4, -0.2) is 42.8 Å². The predicted molar refractivity (Wildman–Crippen MR) is 47.4 cm³/mol. The lowest BCUT2D eigenvalue weighted by molar-refractivity contribution is 0.0871. The van der Waals surface area contributed by atoms with Crippen molar-refractivity contribution in [1.29, 1.82) is 0 Å². The van der Waals surface area contributed by atoms with Gasteiger partial charge in [0.15, 0.2) is 0 Å². The zero-order valence-corrected chi connectivity index (χ0v) is 7.91. The second-order valence-corrected chi connectivity index (χ2v) is 3.66. The molecule has 3 nitrogen and oxygen atoms in total. The molecule has 11 heavy (non-hydrogen) atoms. The van der Waals surface area contributed by atoms with Gasteiger partial charge in [0.1, 0.15) is 0 Å². The fourth-order valence-corrected chi connectivity index (χ4v) is 1.02. The van der Waals surface area contributed by atoms with E-state index in [0.717, 1.165) is 6.54 Å². The average Bonchev–Trinajstić information content (AvgIpc) is 1.84. The number of hydrogen-bond donors (Lipinski definition) is 2. The van der Waals surface area contributed by atoms with Gasteiger partial charge in [0.2, 0.25) is 0 Å². The van der Waals surface area contributed by atoms with Crippen molar-refractivity contribution in [3.63, 3.8) is 0 Å². The van der Waals surface area contributed by atoms with Gasteiger partial charge in [0.05, 0.1) is 6.10 Å². The lowest BCUT2D eigenvalue weighted by atomic mass is 10.0. The maximum Gasteiger partial charge on any atom is 0.0726 e. The van der Waals surface area contributed by atoms with E-state index in [1.807, 2.05) is 32.8 Å². The van der Waals surface area contributed by atoms with E-state index in [1.54, 1.807) is 0 Å². The highest BCUT2D eigenvalue weighted by atomic mass is 16.3. The number of likely N-dealkylation sites (N-methyl/N-ethyl adjacent to an activating group) is 1. The Kier molecular flexibility index (Phi) is 4.65. The molecule has 0 rings (SSSR count). The Bertz CT molecular complexity index is 104. The van der Waals surface area contributed by atoms with Gasteiger partial charge in [-0.25, -0.2) is 0 Å². The molecule has 3 N–H and O–H groups in total. The second kappa shape index (κ2) is 4.70. The Morgan fingerprint density at radius 3 is 2.09 bits per heavy atom. The van der Waals surface area contributed by atoms with Crippen molar-refractivity contribution in [3.8, 4) is 0 Å². The van der Waals surface area contributed by atoms with Crippen LogP contribution in [0.2, 0.25) is 0 Å². The maximum absolute atomic E-state index is 9.49. The summed E-state index contributed by atoms with van der Waals surface area (Å²) in [4.78, 5) is 1.98. The van der Waals surface area contributed by atoms with Crippen LogP contribution in [0.5, 0.6) is 0 Å². The fraction of sp³-hybridized carbons (Fsp3) is 1.00. The Balaban J connectivity index is 3.73. The third kappa shape index (κ3) is 4.35. The van der Waals surface area contributed by atoms with Crippen LogP contribution >= 0.6 is 0 Å². The summed E-state index contributed by atoms with van der Waals surface area (Å²) in [5.74, 6) is 0.241. The van der Waals surface area contributed by atoms with E-state index in [-0.39, 0.29) is 12.0 Å². The zero-order chi connectivity index (χ0) is 9.02. The van der Waals surface area contributed by atoms with Gasteiger partial charge in [0.25, 0.3) is 0 Å². The van der Waals surface area contributed by atoms with E-state index in [4.69, 9.17) is 5.73 Å². The average molecular weight is 160 g/mol. The van der Waals surface area contributed by atoms with E-state index < -0.39 is 6.10 Å². The van der Waals surface area contributed by atoms with Crippen LogP contribution in [0.25, 0.3) is 0 Å². The van der Waals surface area contributed by atoms with Crippen LogP contribution in [0.15, 0.2) is 0 Å².